The van der Waals surface area contributed by atoms with E-state index in [9.17, 15) is 4.79 Å². The lowest BCUT2D eigenvalue weighted by atomic mass is 9.88. The Balaban J connectivity index is 2.31. The number of carbonyl (C=O) groups excluding carboxylic acids is 1. The highest BCUT2D eigenvalue weighted by Crippen LogP contribution is 2.27. The highest BCUT2D eigenvalue weighted by atomic mass is 16.5. The van der Waals surface area contributed by atoms with Gasteiger partial charge < -0.3 is 4.74 Å². The zero-order chi connectivity index (χ0) is 16.5. The van der Waals surface area contributed by atoms with Gasteiger partial charge in [-0.05, 0) is 57.4 Å². The van der Waals surface area contributed by atoms with E-state index >= 15 is 0 Å². The normalized spacial score (nSPS) is 18.3. The molecule has 1 aliphatic carbocycles. The Morgan fingerprint density at radius 1 is 1.32 bits per heavy atom. The molecule has 124 valence electrons. The molecule has 0 aromatic heterocycles. The van der Waals surface area contributed by atoms with Crippen molar-refractivity contribution in [3.05, 3.63) is 34.9 Å². The summed E-state index contributed by atoms with van der Waals surface area (Å²) in [5.41, 5.74) is 4.20. The van der Waals surface area contributed by atoms with Crippen molar-refractivity contribution in [1.82, 2.24) is 0 Å². The van der Waals surface area contributed by atoms with Crippen molar-refractivity contribution >= 4 is 5.97 Å². The Bertz CT molecular complexity index is 454. The number of carbonyl (C=O) groups is 1. The fourth-order valence-electron chi connectivity index (χ4n) is 2.49. The van der Waals surface area contributed by atoms with E-state index in [-0.39, 0.29) is 11.9 Å². The molecule has 0 aliphatic heterocycles. The predicted molar refractivity (Wildman–Crippen MR) is 93.6 cm³/mol. The van der Waals surface area contributed by atoms with Gasteiger partial charge in [0, 0.05) is 0 Å². The van der Waals surface area contributed by atoms with Crippen molar-refractivity contribution in [2.24, 2.45) is 11.8 Å². The first-order chi connectivity index (χ1) is 10.4. The average molecular weight is 304 g/mol. The van der Waals surface area contributed by atoms with E-state index in [4.69, 9.17) is 4.74 Å². The smallest absolute Gasteiger partial charge is 0.308 e. The number of rotatable bonds is 8. The summed E-state index contributed by atoms with van der Waals surface area (Å²) in [6, 6.07) is 0. The molecule has 0 radical (unpaired) electrons. The molecule has 1 rings (SSSR count). The molecule has 0 fully saturated rings. The number of ether oxygens (including phenoxy) is 1. The molecule has 0 aromatic carbocycles. The van der Waals surface area contributed by atoms with E-state index in [1.807, 2.05) is 20.8 Å². The fourth-order valence-corrected chi connectivity index (χ4v) is 2.49. The van der Waals surface area contributed by atoms with Crippen LogP contribution in [0.3, 0.4) is 0 Å². The molecule has 22 heavy (non-hydrogen) atoms. The van der Waals surface area contributed by atoms with Crippen molar-refractivity contribution < 1.29 is 9.53 Å². The molecule has 0 amide bonds. The van der Waals surface area contributed by atoms with Gasteiger partial charge in [0.1, 0.15) is 6.61 Å². The molecule has 0 unspecified atom stereocenters. The molecule has 0 saturated heterocycles. The summed E-state index contributed by atoms with van der Waals surface area (Å²) in [7, 11) is 0. The van der Waals surface area contributed by atoms with Crippen molar-refractivity contribution in [2.75, 3.05) is 6.61 Å². The van der Waals surface area contributed by atoms with E-state index in [0.29, 0.717) is 12.5 Å². The Morgan fingerprint density at radius 3 is 2.64 bits per heavy atom. The summed E-state index contributed by atoms with van der Waals surface area (Å²) in [5.74, 6) is 0.553. The van der Waals surface area contributed by atoms with Gasteiger partial charge in [0.05, 0.1) is 5.92 Å². The second-order valence-corrected chi connectivity index (χ2v) is 6.70. The van der Waals surface area contributed by atoms with Gasteiger partial charge in [-0.3, -0.25) is 4.79 Å². The first-order valence-corrected chi connectivity index (χ1v) is 8.62. The van der Waals surface area contributed by atoms with Gasteiger partial charge >= 0.3 is 5.97 Å². The lowest BCUT2D eigenvalue weighted by Crippen LogP contribution is -2.15. The van der Waals surface area contributed by atoms with E-state index in [2.05, 4.69) is 32.1 Å². The standard InChI is InChI=1S/C20H32O2/c1-6-17(4)20(21)22-14-16(3)8-7-9-18(5)19-12-10-15(2)11-13-19/h8,10,12,17-18H,6-7,9,11,13-14H2,1-5H3/b16-8-/t17-,18-/m1/s1. The van der Waals surface area contributed by atoms with Gasteiger partial charge in [0.25, 0.3) is 0 Å². The number of esters is 1. The molecule has 0 heterocycles. The average Bonchev–Trinajstić information content (AvgIpc) is 2.52. The third-order valence-electron chi connectivity index (χ3n) is 4.57. The first kappa shape index (κ1) is 18.7. The maximum absolute atomic E-state index is 11.6. The van der Waals surface area contributed by atoms with Gasteiger partial charge in [0.15, 0.2) is 0 Å². The molecule has 2 atom stereocenters. The molecule has 0 aromatic rings. The minimum atomic E-state index is -0.0851. The predicted octanol–water partition coefficient (Wildman–Crippen LogP) is 5.60. The quantitative estimate of drug-likeness (QED) is 0.430. The summed E-state index contributed by atoms with van der Waals surface area (Å²) in [5, 5.41) is 0. The minimum Gasteiger partial charge on any atom is -0.461 e. The summed E-state index contributed by atoms with van der Waals surface area (Å²) in [6.45, 7) is 10.9. The monoisotopic (exact) mass is 304 g/mol. The second-order valence-electron chi connectivity index (χ2n) is 6.70. The van der Waals surface area contributed by atoms with Crippen LogP contribution in [0.25, 0.3) is 0 Å². The zero-order valence-corrected chi connectivity index (χ0v) is 14.9. The van der Waals surface area contributed by atoms with Crippen LogP contribution in [0, 0.1) is 11.8 Å². The Hall–Kier alpha value is -1.31. The number of hydrogen-bond acceptors (Lipinski definition) is 2. The maximum atomic E-state index is 11.6. The molecule has 2 heteroatoms. The third kappa shape index (κ3) is 6.64. The van der Waals surface area contributed by atoms with Crippen LogP contribution in [0.5, 0.6) is 0 Å². The SMILES string of the molecule is CC[C@@H](C)C(=O)OC/C(C)=C\CC[C@@H](C)C1=CC=C(C)CC1. The van der Waals surface area contributed by atoms with Crippen molar-refractivity contribution in [3.63, 3.8) is 0 Å². The van der Waals surface area contributed by atoms with Crippen LogP contribution in [0.2, 0.25) is 0 Å². The molecule has 0 bridgehead atoms. The summed E-state index contributed by atoms with van der Waals surface area (Å²) < 4.78 is 5.32. The van der Waals surface area contributed by atoms with Crippen LogP contribution >= 0.6 is 0 Å². The van der Waals surface area contributed by atoms with Crippen molar-refractivity contribution in [2.45, 2.75) is 66.7 Å². The van der Waals surface area contributed by atoms with E-state index in [1.54, 1.807) is 5.57 Å². The van der Waals surface area contributed by atoms with Gasteiger partial charge in [-0.25, -0.2) is 0 Å². The van der Waals surface area contributed by atoms with Crippen LogP contribution in [0.4, 0.5) is 0 Å². The summed E-state index contributed by atoms with van der Waals surface area (Å²) in [4.78, 5) is 11.6. The third-order valence-corrected chi connectivity index (χ3v) is 4.57. The minimum absolute atomic E-state index is 0.00238. The van der Waals surface area contributed by atoms with Crippen LogP contribution in [-0.4, -0.2) is 12.6 Å². The highest BCUT2D eigenvalue weighted by Gasteiger charge is 2.12. The van der Waals surface area contributed by atoms with Crippen molar-refractivity contribution in [3.8, 4) is 0 Å². The van der Waals surface area contributed by atoms with E-state index < -0.39 is 0 Å². The lowest BCUT2D eigenvalue weighted by Gasteiger charge is -2.18. The lowest BCUT2D eigenvalue weighted by molar-refractivity contribution is -0.147. The molecule has 1 aliphatic rings. The Kier molecular flexibility index (Phi) is 8.22. The van der Waals surface area contributed by atoms with Gasteiger partial charge in [-0.1, -0.05) is 50.1 Å². The van der Waals surface area contributed by atoms with Gasteiger partial charge in [-0.15, -0.1) is 0 Å². The van der Waals surface area contributed by atoms with E-state index in [1.165, 1.54) is 18.4 Å². The number of allylic oxidation sites excluding steroid dienone is 5. The van der Waals surface area contributed by atoms with Crippen LogP contribution in [0.15, 0.2) is 34.9 Å². The fraction of sp³-hybridized carbons (Fsp3) is 0.650. The molecular weight excluding hydrogens is 272 g/mol. The number of hydrogen-bond donors (Lipinski definition) is 0. The maximum Gasteiger partial charge on any atom is 0.308 e. The molecule has 0 N–H and O–H groups in total. The largest absolute Gasteiger partial charge is 0.461 e. The molecule has 0 spiro atoms. The van der Waals surface area contributed by atoms with Gasteiger partial charge in [-0.2, -0.15) is 0 Å². The Morgan fingerprint density at radius 2 is 2.05 bits per heavy atom. The molecule has 0 saturated carbocycles. The first-order valence-electron chi connectivity index (χ1n) is 8.62. The van der Waals surface area contributed by atoms with E-state index in [0.717, 1.165) is 24.8 Å². The molecule has 2 nitrogen and oxygen atoms in total. The second kappa shape index (κ2) is 9.66. The topological polar surface area (TPSA) is 26.3 Å². The Labute approximate surface area is 136 Å². The van der Waals surface area contributed by atoms with Crippen LogP contribution in [-0.2, 0) is 9.53 Å². The van der Waals surface area contributed by atoms with Crippen LogP contribution in [0.1, 0.15) is 66.7 Å². The molecular formula is C20H32O2. The van der Waals surface area contributed by atoms with Crippen molar-refractivity contribution in [1.29, 1.82) is 0 Å². The summed E-state index contributed by atoms with van der Waals surface area (Å²) in [6.07, 6.45) is 12.2. The highest BCUT2D eigenvalue weighted by molar-refractivity contribution is 5.72. The van der Waals surface area contributed by atoms with Crippen LogP contribution < -0.4 is 0 Å². The summed E-state index contributed by atoms with van der Waals surface area (Å²) >= 11 is 0. The zero-order valence-electron chi connectivity index (χ0n) is 14.9. The van der Waals surface area contributed by atoms with Gasteiger partial charge in [0.2, 0.25) is 0 Å².